The van der Waals surface area contributed by atoms with Crippen LogP contribution in [-0.2, 0) is 9.53 Å². The molecule has 0 amide bonds. The first-order valence-corrected chi connectivity index (χ1v) is 4.72. The molecular formula is C10H15N3O2. The van der Waals surface area contributed by atoms with Crippen LogP contribution < -0.4 is 10.6 Å². The van der Waals surface area contributed by atoms with Gasteiger partial charge < -0.3 is 15.4 Å². The highest BCUT2D eigenvalue weighted by Gasteiger charge is 2.08. The first-order chi connectivity index (χ1) is 7.13. The number of ether oxygens (including phenoxy) is 1. The molecule has 0 fully saturated rings. The van der Waals surface area contributed by atoms with Gasteiger partial charge in [0, 0.05) is 7.05 Å². The lowest BCUT2D eigenvalue weighted by Crippen LogP contribution is -2.27. The highest BCUT2D eigenvalue weighted by molar-refractivity contribution is 5.75. The smallest absolute Gasteiger partial charge is 0.325 e. The van der Waals surface area contributed by atoms with E-state index in [9.17, 15) is 4.79 Å². The Kier molecular flexibility index (Phi) is 3.91. The van der Waals surface area contributed by atoms with Gasteiger partial charge in [0.25, 0.3) is 0 Å². The van der Waals surface area contributed by atoms with E-state index in [-0.39, 0.29) is 12.5 Å². The number of aromatic nitrogens is 1. The third-order valence-corrected chi connectivity index (χ3v) is 1.82. The maximum Gasteiger partial charge on any atom is 0.325 e. The minimum absolute atomic E-state index is 0.171. The lowest BCUT2D eigenvalue weighted by atomic mass is 10.4. The van der Waals surface area contributed by atoms with Gasteiger partial charge in [-0.1, -0.05) is 6.07 Å². The Hall–Kier alpha value is -1.78. The number of rotatable bonds is 4. The van der Waals surface area contributed by atoms with Crippen molar-refractivity contribution in [1.82, 2.24) is 4.98 Å². The molecule has 2 N–H and O–H groups in total. The molecule has 1 rings (SSSR count). The summed E-state index contributed by atoms with van der Waals surface area (Å²) < 4.78 is 4.82. The minimum Gasteiger partial charge on any atom is -0.465 e. The molecule has 0 saturated carbocycles. The summed E-state index contributed by atoms with van der Waals surface area (Å²) in [5.41, 5.74) is 5.53. The topological polar surface area (TPSA) is 68.5 Å². The third kappa shape index (κ3) is 3.46. The number of pyridine rings is 1. The fraction of sp³-hybridized carbons (Fsp3) is 0.400. The van der Waals surface area contributed by atoms with Crippen molar-refractivity contribution in [3.63, 3.8) is 0 Å². The Morgan fingerprint density at radius 2 is 2.33 bits per heavy atom. The molecule has 0 atom stereocenters. The zero-order valence-electron chi connectivity index (χ0n) is 8.93. The molecule has 1 aromatic heterocycles. The van der Waals surface area contributed by atoms with E-state index in [2.05, 4.69) is 4.98 Å². The zero-order chi connectivity index (χ0) is 11.3. The Labute approximate surface area is 88.9 Å². The van der Waals surface area contributed by atoms with E-state index in [1.807, 2.05) is 0 Å². The zero-order valence-corrected chi connectivity index (χ0v) is 8.93. The summed E-state index contributed by atoms with van der Waals surface area (Å²) in [6.07, 6.45) is 0. The van der Waals surface area contributed by atoms with E-state index >= 15 is 0 Å². The molecule has 1 heterocycles. The number of nitrogens with zero attached hydrogens (tertiary/aromatic N) is 2. The summed E-state index contributed by atoms with van der Waals surface area (Å²) in [6, 6.07) is 5.27. The van der Waals surface area contributed by atoms with Crippen molar-refractivity contribution >= 4 is 17.6 Å². The van der Waals surface area contributed by atoms with Gasteiger partial charge in [0.05, 0.1) is 6.61 Å². The average Bonchev–Trinajstić information content (AvgIpc) is 2.18. The maximum atomic E-state index is 11.2. The monoisotopic (exact) mass is 209 g/mol. The largest absolute Gasteiger partial charge is 0.465 e. The van der Waals surface area contributed by atoms with Crippen LogP contribution in [0.3, 0.4) is 0 Å². The van der Waals surface area contributed by atoms with Crippen molar-refractivity contribution in [1.29, 1.82) is 0 Å². The molecular weight excluding hydrogens is 194 g/mol. The van der Waals surface area contributed by atoms with Crippen LogP contribution in [0.2, 0.25) is 0 Å². The lowest BCUT2D eigenvalue weighted by Gasteiger charge is -2.16. The lowest BCUT2D eigenvalue weighted by molar-refractivity contribution is -0.141. The van der Waals surface area contributed by atoms with Crippen LogP contribution in [0.4, 0.5) is 11.6 Å². The van der Waals surface area contributed by atoms with Gasteiger partial charge in [0.15, 0.2) is 0 Å². The predicted octanol–water partition coefficient (Wildman–Crippen LogP) is 0.663. The summed E-state index contributed by atoms with van der Waals surface area (Å²) >= 11 is 0. The van der Waals surface area contributed by atoms with Crippen LogP contribution in [0, 0.1) is 0 Å². The van der Waals surface area contributed by atoms with Crippen LogP contribution in [0.15, 0.2) is 18.2 Å². The Balaban J connectivity index is 2.60. The maximum absolute atomic E-state index is 11.2. The SMILES string of the molecule is CCOC(=O)CN(C)c1cccc(N)n1. The minimum atomic E-state index is -0.274. The number of anilines is 2. The molecule has 0 aliphatic carbocycles. The molecule has 1 aromatic rings. The van der Waals surface area contributed by atoms with E-state index in [1.165, 1.54) is 0 Å². The van der Waals surface area contributed by atoms with Gasteiger partial charge in [-0.3, -0.25) is 4.79 Å². The van der Waals surface area contributed by atoms with E-state index in [1.54, 1.807) is 37.1 Å². The number of carbonyl (C=O) groups excluding carboxylic acids is 1. The van der Waals surface area contributed by atoms with Crippen LogP contribution in [0.5, 0.6) is 0 Å². The molecule has 0 aliphatic rings. The number of esters is 1. The summed E-state index contributed by atoms with van der Waals surface area (Å²) in [7, 11) is 1.76. The Morgan fingerprint density at radius 1 is 1.60 bits per heavy atom. The highest BCUT2D eigenvalue weighted by atomic mass is 16.5. The highest BCUT2D eigenvalue weighted by Crippen LogP contribution is 2.10. The molecule has 15 heavy (non-hydrogen) atoms. The molecule has 0 unspecified atom stereocenters. The molecule has 0 radical (unpaired) electrons. The molecule has 0 spiro atoms. The average molecular weight is 209 g/mol. The number of nitrogen functional groups attached to an aromatic ring is 1. The Bertz CT molecular complexity index is 341. The normalized spacial score (nSPS) is 9.73. The van der Waals surface area contributed by atoms with Crippen LogP contribution >= 0.6 is 0 Å². The number of carbonyl (C=O) groups is 1. The van der Waals surface area contributed by atoms with Crippen molar-refractivity contribution in [2.24, 2.45) is 0 Å². The second-order valence-electron chi connectivity index (χ2n) is 3.08. The van der Waals surface area contributed by atoms with E-state index in [4.69, 9.17) is 10.5 Å². The van der Waals surface area contributed by atoms with Gasteiger partial charge >= 0.3 is 5.97 Å². The Morgan fingerprint density at radius 3 is 2.93 bits per heavy atom. The van der Waals surface area contributed by atoms with Gasteiger partial charge in [0.2, 0.25) is 0 Å². The fourth-order valence-corrected chi connectivity index (χ4v) is 1.13. The van der Waals surface area contributed by atoms with Gasteiger partial charge in [-0.05, 0) is 19.1 Å². The number of hydrogen-bond donors (Lipinski definition) is 1. The summed E-state index contributed by atoms with van der Waals surface area (Å²) in [5.74, 6) is 0.815. The first-order valence-electron chi connectivity index (χ1n) is 4.72. The van der Waals surface area contributed by atoms with E-state index in [0.717, 1.165) is 0 Å². The molecule has 5 heteroatoms. The third-order valence-electron chi connectivity index (χ3n) is 1.82. The van der Waals surface area contributed by atoms with Gasteiger partial charge in [-0.2, -0.15) is 0 Å². The van der Waals surface area contributed by atoms with Crippen molar-refractivity contribution in [2.45, 2.75) is 6.92 Å². The van der Waals surface area contributed by atoms with E-state index in [0.29, 0.717) is 18.2 Å². The van der Waals surface area contributed by atoms with Crippen molar-refractivity contribution in [3.8, 4) is 0 Å². The van der Waals surface area contributed by atoms with Crippen molar-refractivity contribution in [3.05, 3.63) is 18.2 Å². The van der Waals surface area contributed by atoms with E-state index < -0.39 is 0 Å². The predicted molar refractivity (Wildman–Crippen MR) is 58.6 cm³/mol. The first kappa shape index (κ1) is 11.3. The fourth-order valence-electron chi connectivity index (χ4n) is 1.13. The summed E-state index contributed by atoms with van der Waals surface area (Å²) in [6.45, 7) is 2.33. The van der Waals surface area contributed by atoms with Gasteiger partial charge in [-0.25, -0.2) is 4.98 Å². The van der Waals surface area contributed by atoms with Crippen molar-refractivity contribution < 1.29 is 9.53 Å². The molecule has 0 aliphatic heterocycles. The van der Waals surface area contributed by atoms with Gasteiger partial charge in [0.1, 0.15) is 18.2 Å². The molecule has 0 saturated heterocycles. The number of likely N-dealkylation sites (N-methyl/N-ethyl adjacent to an activating group) is 1. The molecule has 82 valence electrons. The van der Waals surface area contributed by atoms with Crippen LogP contribution in [0.1, 0.15) is 6.92 Å². The van der Waals surface area contributed by atoms with Crippen LogP contribution in [0.25, 0.3) is 0 Å². The standard InChI is InChI=1S/C10H15N3O2/c1-3-15-10(14)7-13(2)9-6-4-5-8(11)12-9/h4-6H,3,7H2,1-2H3,(H2,11,12). The molecule has 0 aromatic carbocycles. The summed E-state index contributed by atoms with van der Waals surface area (Å²) in [4.78, 5) is 17.0. The van der Waals surface area contributed by atoms with Crippen molar-refractivity contribution in [2.75, 3.05) is 30.8 Å². The van der Waals surface area contributed by atoms with Crippen LogP contribution in [-0.4, -0.2) is 31.2 Å². The number of nitrogens with two attached hydrogens (primary N) is 1. The van der Waals surface area contributed by atoms with Gasteiger partial charge in [-0.15, -0.1) is 0 Å². The molecule has 5 nitrogen and oxygen atoms in total. The quantitative estimate of drug-likeness (QED) is 0.738. The molecule has 0 bridgehead atoms. The summed E-state index contributed by atoms with van der Waals surface area (Å²) in [5, 5.41) is 0. The second kappa shape index (κ2) is 5.19. The second-order valence-corrected chi connectivity index (χ2v) is 3.08. The number of hydrogen-bond acceptors (Lipinski definition) is 5.